The van der Waals surface area contributed by atoms with Gasteiger partial charge >= 0.3 is 0 Å². The Bertz CT molecular complexity index is 452. The van der Waals surface area contributed by atoms with Crippen LogP contribution < -0.4 is 16.4 Å². The molecular weight excluding hydrogens is 242 g/mol. The summed E-state index contributed by atoms with van der Waals surface area (Å²) in [6.45, 7) is 2.58. The lowest BCUT2D eigenvalue weighted by Crippen LogP contribution is -2.36. The molecule has 1 rings (SSSR count). The van der Waals surface area contributed by atoms with E-state index < -0.39 is 0 Å². The molecule has 4 N–H and O–H groups in total. The molecule has 19 heavy (non-hydrogen) atoms. The van der Waals surface area contributed by atoms with Crippen LogP contribution in [0.4, 0.5) is 5.69 Å². The minimum absolute atomic E-state index is 0.00902. The number of hydrogen-bond donors (Lipinski definition) is 3. The SMILES string of the molecule is CCCNC(=O)CNC(=O)/C=C/c1ccc(N)cc1. The second kappa shape index (κ2) is 7.92. The van der Waals surface area contributed by atoms with Crippen molar-refractivity contribution < 1.29 is 9.59 Å². The molecule has 0 saturated carbocycles. The van der Waals surface area contributed by atoms with Crippen LogP contribution in [0.25, 0.3) is 6.08 Å². The minimum atomic E-state index is -0.302. The molecule has 5 heteroatoms. The van der Waals surface area contributed by atoms with Gasteiger partial charge in [0.2, 0.25) is 11.8 Å². The van der Waals surface area contributed by atoms with Crippen LogP contribution in [-0.2, 0) is 9.59 Å². The Morgan fingerprint density at radius 2 is 1.89 bits per heavy atom. The van der Waals surface area contributed by atoms with Crippen molar-refractivity contribution in [2.45, 2.75) is 13.3 Å². The normalized spacial score (nSPS) is 10.4. The third kappa shape index (κ3) is 6.26. The summed E-state index contributed by atoms with van der Waals surface area (Å²) in [4.78, 5) is 22.7. The van der Waals surface area contributed by atoms with Crippen LogP contribution in [0.1, 0.15) is 18.9 Å². The molecule has 5 nitrogen and oxygen atoms in total. The molecule has 0 spiro atoms. The molecule has 0 radical (unpaired) electrons. The van der Waals surface area contributed by atoms with Gasteiger partial charge in [-0.2, -0.15) is 0 Å². The van der Waals surface area contributed by atoms with E-state index in [1.807, 2.05) is 19.1 Å². The summed E-state index contributed by atoms with van der Waals surface area (Å²) in [7, 11) is 0. The Hall–Kier alpha value is -2.30. The van der Waals surface area contributed by atoms with E-state index in [9.17, 15) is 9.59 Å². The van der Waals surface area contributed by atoms with E-state index in [-0.39, 0.29) is 18.4 Å². The maximum Gasteiger partial charge on any atom is 0.244 e. The first-order valence-corrected chi connectivity index (χ1v) is 6.20. The number of carbonyl (C=O) groups excluding carboxylic acids is 2. The third-order valence-electron chi connectivity index (χ3n) is 2.36. The predicted octanol–water partition coefficient (Wildman–Crippen LogP) is 0.924. The molecule has 0 fully saturated rings. The van der Waals surface area contributed by atoms with Gasteiger partial charge in [0, 0.05) is 18.3 Å². The van der Waals surface area contributed by atoms with E-state index in [0.717, 1.165) is 12.0 Å². The number of amides is 2. The zero-order valence-electron chi connectivity index (χ0n) is 11.0. The van der Waals surface area contributed by atoms with Crippen molar-refractivity contribution in [2.75, 3.05) is 18.8 Å². The number of rotatable bonds is 6. The molecule has 0 aliphatic carbocycles. The third-order valence-corrected chi connectivity index (χ3v) is 2.36. The fraction of sp³-hybridized carbons (Fsp3) is 0.286. The van der Waals surface area contributed by atoms with E-state index in [1.165, 1.54) is 6.08 Å². The van der Waals surface area contributed by atoms with Gasteiger partial charge in [0.15, 0.2) is 0 Å². The zero-order valence-corrected chi connectivity index (χ0v) is 11.0. The molecule has 1 aromatic rings. The Kier molecular flexibility index (Phi) is 6.15. The van der Waals surface area contributed by atoms with Gasteiger partial charge in [-0.1, -0.05) is 19.1 Å². The van der Waals surface area contributed by atoms with Crippen LogP contribution in [0.2, 0.25) is 0 Å². The van der Waals surface area contributed by atoms with Crippen LogP contribution in [0, 0.1) is 0 Å². The second-order valence-electron chi connectivity index (χ2n) is 4.07. The average Bonchev–Trinajstić information content (AvgIpc) is 2.42. The van der Waals surface area contributed by atoms with Crippen LogP contribution in [0.3, 0.4) is 0 Å². The number of anilines is 1. The lowest BCUT2D eigenvalue weighted by molar-refractivity contribution is -0.123. The van der Waals surface area contributed by atoms with Crippen molar-refractivity contribution in [1.29, 1.82) is 0 Å². The number of benzene rings is 1. The van der Waals surface area contributed by atoms with Crippen LogP contribution >= 0.6 is 0 Å². The first-order chi connectivity index (χ1) is 9.11. The minimum Gasteiger partial charge on any atom is -0.399 e. The molecule has 1 aromatic carbocycles. The number of carbonyl (C=O) groups is 2. The van der Waals surface area contributed by atoms with Crippen molar-refractivity contribution in [2.24, 2.45) is 0 Å². The molecule has 0 saturated heterocycles. The highest BCUT2D eigenvalue weighted by atomic mass is 16.2. The summed E-state index contributed by atoms with van der Waals surface area (Å²) in [5.41, 5.74) is 7.11. The summed E-state index contributed by atoms with van der Waals surface area (Å²) < 4.78 is 0. The molecule has 0 aliphatic heterocycles. The van der Waals surface area contributed by atoms with Gasteiger partial charge in [0.1, 0.15) is 0 Å². The Balaban J connectivity index is 2.34. The fourth-order valence-electron chi connectivity index (χ4n) is 1.33. The van der Waals surface area contributed by atoms with Gasteiger partial charge < -0.3 is 16.4 Å². The molecule has 0 heterocycles. The van der Waals surface area contributed by atoms with E-state index in [1.54, 1.807) is 18.2 Å². The highest BCUT2D eigenvalue weighted by Gasteiger charge is 2.01. The largest absolute Gasteiger partial charge is 0.399 e. The van der Waals surface area contributed by atoms with Crippen molar-refractivity contribution in [3.05, 3.63) is 35.9 Å². The van der Waals surface area contributed by atoms with Gasteiger partial charge in [0.25, 0.3) is 0 Å². The summed E-state index contributed by atoms with van der Waals surface area (Å²) >= 11 is 0. The number of nitrogens with two attached hydrogens (primary N) is 1. The summed E-state index contributed by atoms with van der Waals surface area (Å²) in [5, 5.41) is 5.19. The van der Waals surface area contributed by atoms with Gasteiger partial charge in [-0.25, -0.2) is 0 Å². The van der Waals surface area contributed by atoms with E-state index in [2.05, 4.69) is 10.6 Å². The molecule has 0 bridgehead atoms. The summed E-state index contributed by atoms with van der Waals surface area (Å²) in [6.07, 6.45) is 3.92. The van der Waals surface area contributed by atoms with E-state index in [4.69, 9.17) is 5.73 Å². The second-order valence-corrected chi connectivity index (χ2v) is 4.07. The average molecular weight is 261 g/mol. The first kappa shape index (κ1) is 14.8. The highest BCUT2D eigenvalue weighted by Crippen LogP contribution is 2.06. The quantitative estimate of drug-likeness (QED) is 0.526. The molecule has 0 atom stereocenters. The maximum atomic E-state index is 11.5. The lowest BCUT2D eigenvalue weighted by Gasteiger charge is -2.03. The monoisotopic (exact) mass is 261 g/mol. The molecule has 0 aromatic heterocycles. The topological polar surface area (TPSA) is 84.2 Å². The van der Waals surface area contributed by atoms with Gasteiger partial charge in [0.05, 0.1) is 6.54 Å². The standard InChI is InChI=1S/C14H19N3O2/c1-2-9-16-14(19)10-17-13(18)8-5-11-3-6-12(15)7-4-11/h3-8H,2,9-10,15H2,1H3,(H,16,19)(H,17,18)/b8-5+. The Morgan fingerprint density at radius 3 is 2.53 bits per heavy atom. The molecule has 2 amide bonds. The van der Waals surface area contributed by atoms with E-state index >= 15 is 0 Å². The summed E-state index contributed by atoms with van der Waals surface area (Å²) in [6, 6.07) is 7.14. The number of nitrogens with one attached hydrogen (secondary N) is 2. The van der Waals surface area contributed by atoms with E-state index in [0.29, 0.717) is 12.2 Å². The van der Waals surface area contributed by atoms with Crippen LogP contribution in [0.5, 0.6) is 0 Å². The van der Waals surface area contributed by atoms with Gasteiger partial charge in [-0.05, 0) is 30.2 Å². The highest BCUT2D eigenvalue weighted by molar-refractivity contribution is 5.94. The van der Waals surface area contributed by atoms with Crippen LogP contribution in [-0.4, -0.2) is 24.9 Å². The Labute approximate surface area is 112 Å². The molecule has 102 valence electrons. The number of nitrogen functional groups attached to an aromatic ring is 1. The van der Waals surface area contributed by atoms with Gasteiger partial charge in [-0.3, -0.25) is 9.59 Å². The smallest absolute Gasteiger partial charge is 0.244 e. The molecule has 0 aliphatic rings. The molecular formula is C14H19N3O2. The summed E-state index contributed by atoms with van der Waals surface area (Å²) in [5.74, 6) is -0.487. The van der Waals surface area contributed by atoms with Crippen molar-refractivity contribution in [3.8, 4) is 0 Å². The zero-order chi connectivity index (χ0) is 14.1. The molecule has 0 unspecified atom stereocenters. The van der Waals surface area contributed by atoms with Crippen molar-refractivity contribution in [3.63, 3.8) is 0 Å². The van der Waals surface area contributed by atoms with Crippen molar-refractivity contribution >= 4 is 23.6 Å². The predicted molar refractivity (Wildman–Crippen MR) is 76.2 cm³/mol. The maximum absolute atomic E-state index is 11.5. The number of hydrogen-bond acceptors (Lipinski definition) is 3. The lowest BCUT2D eigenvalue weighted by atomic mass is 10.2. The fourth-order valence-corrected chi connectivity index (χ4v) is 1.33. The first-order valence-electron chi connectivity index (χ1n) is 6.20. The van der Waals surface area contributed by atoms with Crippen molar-refractivity contribution in [1.82, 2.24) is 10.6 Å². The van der Waals surface area contributed by atoms with Crippen LogP contribution in [0.15, 0.2) is 30.3 Å². The Morgan fingerprint density at radius 1 is 1.21 bits per heavy atom. The van der Waals surface area contributed by atoms with Gasteiger partial charge in [-0.15, -0.1) is 0 Å².